The number of thiazole rings is 1. The van der Waals surface area contributed by atoms with E-state index in [0.29, 0.717) is 42.9 Å². The van der Waals surface area contributed by atoms with E-state index >= 15 is 0 Å². The molecule has 0 amide bonds. The molecule has 4 aromatic carbocycles. The van der Waals surface area contributed by atoms with Gasteiger partial charge in [0.05, 0.1) is 35.6 Å². The van der Waals surface area contributed by atoms with Crippen LogP contribution in [0.2, 0.25) is 10.0 Å². The van der Waals surface area contributed by atoms with Crippen LogP contribution < -0.4 is 19.6 Å². The van der Waals surface area contributed by atoms with Crippen LogP contribution in [0.4, 0.5) is 0 Å². The SMILES string of the molecule is CCOC(=O)C1=C(c2ccccc2)N=c2s/c(=C\c3cn(Cc4ccc(Cl)cc4Cl)c4ccccc34)c(=O)n2[C@@H]1c1ccc(OC)cc1. The fourth-order valence-electron chi connectivity index (χ4n) is 6.04. The Kier molecular flexibility index (Phi) is 8.79. The van der Waals surface area contributed by atoms with Gasteiger partial charge in [-0.25, -0.2) is 9.79 Å². The van der Waals surface area contributed by atoms with Crippen molar-refractivity contribution in [1.29, 1.82) is 0 Å². The maximum Gasteiger partial charge on any atom is 0.338 e. The summed E-state index contributed by atoms with van der Waals surface area (Å²) in [5.74, 6) is 0.131. The number of aromatic nitrogens is 2. The summed E-state index contributed by atoms with van der Waals surface area (Å²) in [6.45, 7) is 2.46. The molecule has 240 valence electrons. The summed E-state index contributed by atoms with van der Waals surface area (Å²) in [4.78, 5) is 33.6. The molecule has 0 spiro atoms. The van der Waals surface area contributed by atoms with E-state index < -0.39 is 12.0 Å². The van der Waals surface area contributed by atoms with E-state index in [4.69, 9.17) is 37.7 Å². The predicted octanol–water partition coefficient (Wildman–Crippen LogP) is 7.25. The molecule has 0 fully saturated rings. The van der Waals surface area contributed by atoms with Crippen molar-refractivity contribution in [2.24, 2.45) is 4.99 Å². The minimum Gasteiger partial charge on any atom is -0.497 e. The van der Waals surface area contributed by atoms with Crippen LogP contribution in [0.25, 0.3) is 22.7 Å². The van der Waals surface area contributed by atoms with E-state index in [9.17, 15) is 9.59 Å². The van der Waals surface area contributed by atoms with Crippen molar-refractivity contribution < 1.29 is 14.3 Å². The molecular weight excluding hydrogens is 665 g/mol. The standard InChI is InChI=1S/C38H29Cl2N3O4S/c1-3-47-37(45)33-34(23-9-5-4-6-10-23)41-38-43(35(33)24-14-17-28(46-2)18-15-24)36(44)32(48-38)19-26-22-42(31-12-8-7-11-29(26)31)21-25-13-16-27(39)20-30(25)40/h4-20,22,35H,3,21H2,1-2H3/b32-19-/t35-/m1/s1. The highest BCUT2D eigenvalue weighted by atomic mass is 35.5. The highest BCUT2D eigenvalue weighted by Gasteiger charge is 2.35. The van der Waals surface area contributed by atoms with E-state index in [1.54, 1.807) is 24.7 Å². The molecule has 0 saturated heterocycles. The first-order chi connectivity index (χ1) is 23.4. The molecule has 7 nitrogen and oxygen atoms in total. The van der Waals surface area contributed by atoms with Gasteiger partial charge in [0.25, 0.3) is 5.56 Å². The Balaban J connectivity index is 1.44. The van der Waals surface area contributed by atoms with Crippen LogP contribution in [0.1, 0.15) is 35.2 Å². The minimum atomic E-state index is -0.781. The maximum absolute atomic E-state index is 14.5. The molecule has 6 aromatic rings. The quantitative estimate of drug-likeness (QED) is 0.157. The molecule has 2 aromatic heterocycles. The van der Waals surface area contributed by atoms with Crippen molar-refractivity contribution in [2.75, 3.05) is 13.7 Å². The Morgan fingerprint density at radius 1 is 0.979 bits per heavy atom. The summed E-state index contributed by atoms with van der Waals surface area (Å²) in [5, 5.41) is 2.14. The van der Waals surface area contributed by atoms with Gasteiger partial charge in [0.1, 0.15) is 5.75 Å². The second kappa shape index (κ2) is 13.3. The first-order valence-electron chi connectivity index (χ1n) is 15.3. The fraction of sp³-hybridized carbons (Fsp3) is 0.132. The molecule has 0 aliphatic carbocycles. The van der Waals surface area contributed by atoms with Gasteiger partial charge in [-0.2, -0.15) is 0 Å². The second-order valence-corrected chi connectivity index (χ2v) is 13.0. The zero-order valence-electron chi connectivity index (χ0n) is 26.0. The molecule has 7 rings (SSSR count). The Morgan fingerprint density at radius 3 is 2.46 bits per heavy atom. The van der Waals surface area contributed by atoms with E-state index in [-0.39, 0.29) is 12.2 Å². The van der Waals surface area contributed by atoms with Crippen molar-refractivity contribution in [1.82, 2.24) is 9.13 Å². The van der Waals surface area contributed by atoms with Gasteiger partial charge in [-0.3, -0.25) is 9.36 Å². The fourth-order valence-corrected chi connectivity index (χ4v) is 7.50. The van der Waals surface area contributed by atoms with E-state index in [1.165, 1.54) is 11.3 Å². The van der Waals surface area contributed by atoms with E-state index in [0.717, 1.165) is 33.2 Å². The molecule has 1 aliphatic heterocycles. The number of fused-ring (bicyclic) bond motifs is 2. The molecule has 0 bridgehead atoms. The van der Waals surface area contributed by atoms with Crippen LogP contribution >= 0.6 is 34.5 Å². The first-order valence-corrected chi connectivity index (χ1v) is 16.9. The van der Waals surface area contributed by atoms with Crippen LogP contribution in [-0.2, 0) is 16.1 Å². The van der Waals surface area contributed by atoms with Crippen LogP contribution in [0.3, 0.4) is 0 Å². The third-order valence-corrected chi connectivity index (χ3v) is 9.84. The van der Waals surface area contributed by atoms with Gasteiger partial charge in [-0.15, -0.1) is 0 Å². The number of hydrogen-bond donors (Lipinski definition) is 0. The van der Waals surface area contributed by atoms with E-state index in [1.807, 2.05) is 103 Å². The zero-order chi connectivity index (χ0) is 33.4. The maximum atomic E-state index is 14.5. The summed E-state index contributed by atoms with van der Waals surface area (Å²) < 4.78 is 15.2. The number of esters is 1. The molecule has 0 N–H and O–H groups in total. The number of hydrogen-bond acceptors (Lipinski definition) is 6. The topological polar surface area (TPSA) is 74.8 Å². The number of nitrogens with zero attached hydrogens (tertiary/aromatic N) is 3. The van der Waals surface area contributed by atoms with Gasteiger partial charge in [0.15, 0.2) is 4.80 Å². The lowest BCUT2D eigenvalue weighted by Gasteiger charge is -2.26. The molecule has 10 heteroatoms. The van der Waals surface area contributed by atoms with Gasteiger partial charge in [-0.1, -0.05) is 101 Å². The van der Waals surface area contributed by atoms with Crippen molar-refractivity contribution in [2.45, 2.75) is 19.5 Å². The molecule has 48 heavy (non-hydrogen) atoms. The number of ether oxygens (including phenoxy) is 2. The Labute approximate surface area is 290 Å². The number of rotatable bonds is 8. The molecule has 3 heterocycles. The lowest BCUT2D eigenvalue weighted by Crippen LogP contribution is -2.40. The predicted molar refractivity (Wildman–Crippen MR) is 192 cm³/mol. The summed E-state index contributed by atoms with van der Waals surface area (Å²) >= 11 is 14.0. The Hall–Kier alpha value is -4.89. The second-order valence-electron chi connectivity index (χ2n) is 11.2. The van der Waals surface area contributed by atoms with Crippen molar-refractivity contribution >= 4 is 63.2 Å². The van der Waals surface area contributed by atoms with Gasteiger partial charge >= 0.3 is 5.97 Å². The van der Waals surface area contributed by atoms with Gasteiger partial charge < -0.3 is 14.0 Å². The number of halogens is 2. The normalized spacial score (nSPS) is 14.6. The third kappa shape index (κ3) is 5.87. The first kappa shape index (κ1) is 31.7. The summed E-state index contributed by atoms with van der Waals surface area (Å²) in [6.07, 6.45) is 3.92. The summed E-state index contributed by atoms with van der Waals surface area (Å²) in [6, 6.07) is 29.6. The lowest BCUT2D eigenvalue weighted by atomic mass is 9.93. The molecule has 0 unspecified atom stereocenters. The Bertz CT molecular complexity index is 2390. The monoisotopic (exact) mass is 693 g/mol. The molecule has 0 radical (unpaired) electrons. The number of methoxy groups -OCH3 is 1. The number of para-hydroxylation sites is 1. The van der Waals surface area contributed by atoms with Crippen molar-refractivity contribution in [3.05, 3.63) is 161 Å². The average molecular weight is 695 g/mol. The number of carbonyl (C=O) groups is 1. The number of carbonyl (C=O) groups excluding carboxylic acids is 1. The smallest absolute Gasteiger partial charge is 0.338 e. The molecule has 1 atom stereocenters. The average Bonchev–Trinajstić information content (AvgIpc) is 3.61. The zero-order valence-corrected chi connectivity index (χ0v) is 28.4. The highest BCUT2D eigenvalue weighted by Crippen LogP contribution is 2.36. The van der Waals surface area contributed by atoms with Gasteiger partial charge in [-0.05, 0) is 54.5 Å². The van der Waals surface area contributed by atoms with Gasteiger partial charge in [0.2, 0.25) is 0 Å². The van der Waals surface area contributed by atoms with E-state index in [2.05, 4.69) is 4.57 Å². The Morgan fingerprint density at radius 2 is 1.73 bits per heavy atom. The third-order valence-electron chi connectivity index (χ3n) is 8.27. The van der Waals surface area contributed by atoms with Crippen LogP contribution in [0.15, 0.2) is 119 Å². The minimum absolute atomic E-state index is 0.176. The van der Waals surface area contributed by atoms with Crippen LogP contribution in [-0.4, -0.2) is 28.8 Å². The molecule has 0 saturated carbocycles. The van der Waals surface area contributed by atoms with Crippen LogP contribution in [0.5, 0.6) is 5.75 Å². The summed E-state index contributed by atoms with van der Waals surface area (Å²) in [7, 11) is 1.59. The largest absolute Gasteiger partial charge is 0.497 e. The van der Waals surface area contributed by atoms with Crippen molar-refractivity contribution in [3.63, 3.8) is 0 Å². The molecule has 1 aliphatic rings. The molecular formula is C38H29Cl2N3O4S. The van der Waals surface area contributed by atoms with Crippen LogP contribution in [0, 0.1) is 0 Å². The lowest BCUT2D eigenvalue weighted by molar-refractivity contribution is -0.138. The van der Waals surface area contributed by atoms with Gasteiger partial charge in [0, 0.05) is 44.8 Å². The van der Waals surface area contributed by atoms with Crippen molar-refractivity contribution in [3.8, 4) is 5.75 Å². The summed E-state index contributed by atoms with van der Waals surface area (Å²) in [5.41, 5.74) is 4.78. The highest BCUT2D eigenvalue weighted by molar-refractivity contribution is 7.07. The number of benzene rings is 4.